The molecule has 1 atom stereocenters. The molecule has 0 bridgehead atoms. The van der Waals surface area contributed by atoms with Crippen LogP contribution in [0.3, 0.4) is 0 Å². The quantitative estimate of drug-likeness (QED) is 0.689. The van der Waals surface area contributed by atoms with Crippen LogP contribution in [0.4, 0.5) is 0 Å². The minimum absolute atomic E-state index is 0.433. The van der Waals surface area contributed by atoms with Gasteiger partial charge in [0.2, 0.25) is 0 Å². The predicted molar refractivity (Wildman–Crippen MR) is 44.2 cm³/mol. The number of thioether (sulfide) groups is 1. The van der Waals surface area contributed by atoms with Crippen molar-refractivity contribution < 1.29 is 0 Å². The van der Waals surface area contributed by atoms with Crippen molar-refractivity contribution in [2.24, 2.45) is 0 Å². The first-order valence-corrected chi connectivity index (χ1v) is 5.06. The summed E-state index contributed by atoms with van der Waals surface area (Å²) in [7, 11) is 0. The number of thiazole rings is 1. The maximum atomic E-state index is 4.11. The van der Waals surface area contributed by atoms with Crippen molar-refractivity contribution in [3.05, 3.63) is 16.6 Å². The fourth-order valence-electron chi connectivity index (χ4n) is 0.928. The van der Waals surface area contributed by atoms with Gasteiger partial charge in [-0.2, -0.15) is 0 Å². The molecule has 1 radical (unpaired) electrons. The van der Waals surface area contributed by atoms with E-state index in [1.54, 1.807) is 0 Å². The molecule has 10 heavy (non-hydrogen) atoms. The molecule has 1 fully saturated rings. The maximum Gasteiger partial charge on any atom is 0.152 e. The molecule has 0 spiro atoms. The molecule has 1 aromatic rings. The van der Waals surface area contributed by atoms with Gasteiger partial charge in [0.05, 0.1) is 11.1 Å². The average molecular weight is 171 g/mol. The minimum atomic E-state index is 0.433. The fourth-order valence-corrected chi connectivity index (χ4v) is 2.53. The Morgan fingerprint density at radius 2 is 2.80 bits per heavy atom. The van der Waals surface area contributed by atoms with Gasteiger partial charge in [-0.05, 0) is 0 Å². The lowest BCUT2D eigenvalue weighted by Gasteiger charge is -2.03. The Morgan fingerprint density at radius 3 is 3.40 bits per heavy atom. The Bertz CT molecular complexity index is 192. The van der Waals surface area contributed by atoms with Crippen LogP contribution in [0.1, 0.15) is 11.1 Å². The predicted octanol–water partition coefficient (Wildman–Crippen LogP) is 1.28. The van der Waals surface area contributed by atoms with E-state index in [0.717, 1.165) is 12.2 Å². The highest BCUT2D eigenvalue weighted by Gasteiger charge is 2.17. The second-order valence-corrected chi connectivity index (χ2v) is 3.94. The third-order valence-corrected chi connectivity index (χ3v) is 3.13. The summed E-state index contributed by atoms with van der Waals surface area (Å²) < 4.78 is 0. The lowest BCUT2D eigenvalue weighted by Crippen LogP contribution is -2.11. The molecule has 53 valence electrons. The van der Waals surface area contributed by atoms with Crippen LogP contribution in [0.2, 0.25) is 0 Å². The second-order valence-electron chi connectivity index (χ2n) is 2.07. The third-order valence-electron chi connectivity index (χ3n) is 1.39. The van der Waals surface area contributed by atoms with Crippen molar-refractivity contribution in [1.82, 2.24) is 10.3 Å². The summed E-state index contributed by atoms with van der Waals surface area (Å²) in [5, 5.41) is 5.83. The molecule has 0 saturated carbocycles. The minimum Gasteiger partial charge on any atom is -0.300 e. The van der Waals surface area contributed by atoms with E-state index in [1.165, 1.54) is 17.1 Å². The van der Waals surface area contributed by atoms with E-state index in [0.29, 0.717) is 5.37 Å². The third kappa shape index (κ3) is 1.19. The van der Waals surface area contributed by atoms with Crippen molar-refractivity contribution in [3.8, 4) is 0 Å². The van der Waals surface area contributed by atoms with E-state index in [1.807, 2.05) is 11.8 Å². The van der Waals surface area contributed by atoms with Crippen LogP contribution in [-0.2, 0) is 0 Å². The summed E-state index contributed by atoms with van der Waals surface area (Å²) in [6.07, 6.45) is 0. The Hall–Kier alpha value is -0.0600. The van der Waals surface area contributed by atoms with Gasteiger partial charge in [-0.15, -0.1) is 23.1 Å². The highest BCUT2D eigenvalue weighted by Crippen LogP contribution is 2.28. The van der Waals surface area contributed by atoms with Gasteiger partial charge in [0.25, 0.3) is 0 Å². The summed E-state index contributed by atoms with van der Waals surface area (Å²) >= 11 is 3.45. The normalized spacial score (nSPS) is 25.4. The van der Waals surface area contributed by atoms with Crippen LogP contribution in [0.15, 0.2) is 5.38 Å². The highest BCUT2D eigenvalue weighted by molar-refractivity contribution is 7.99. The van der Waals surface area contributed by atoms with Crippen LogP contribution in [0.5, 0.6) is 0 Å². The van der Waals surface area contributed by atoms with Crippen molar-refractivity contribution in [2.45, 2.75) is 5.37 Å². The molecule has 1 aliphatic rings. The number of aromatic nitrogens is 1. The monoisotopic (exact) mass is 171 g/mol. The second kappa shape index (κ2) is 2.90. The maximum absolute atomic E-state index is 4.11. The number of rotatable bonds is 1. The van der Waals surface area contributed by atoms with E-state index in [9.17, 15) is 0 Å². The Kier molecular flexibility index (Phi) is 1.93. The molecule has 1 N–H and O–H groups in total. The molecule has 0 amide bonds. The molecule has 4 heteroatoms. The van der Waals surface area contributed by atoms with E-state index >= 15 is 0 Å². The Labute approximate surface area is 68.1 Å². The van der Waals surface area contributed by atoms with Crippen LogP contribution >= 0.6 is 23.1 Å². The Morgan fingerprint density at radius 1 is 1.80 bits per heavy atom. The van der Waals surface area contributed by atoms with Crippen molar-refractivity contribution >= 4 is 23.1 Å². The van der Waals surface area contributed by atoms with Gasteiger partial charge in [0.1, 0.15) is 0 Å². The van der Waals surface area contributed by atoms with Crippen molar-refractivity contribution in [2.75, 3.05) is 12.3 Å². The smallest absolute Gasteiger partial charge is 0.152 e. The topological polar surface area (TPSA) is 24.9 Å². The molecule has 1 unspecified atom stereocenters. The lowest BCUT2D eigenvalue weighted by molar-refractivity contribution is 0.736. The van der Waals surface area contributed by atoms with Gasteiger partial charge in [0.15, 0.2) is 5.51 Å². The first-order valence-electron chi connectivity index (χ1n) is 3.13. The highest BCUT2D eigenvalue weighted by atomic mass is 32.2. The number of hydrogen-bond acceptors (Lipinski definition) is 4. The standard InChI is InChI=1S/C6H7N2S2/c1-2-10-6(7-1)5-3-9-4-8-5/h3,6-7H,1-2H2. The molecule has 2 heterocycles. The summed E-state index contributed by atoms with van der Waals surface area (Å²) in [4.78, 5) is 4.11. The van der Waals surface area contributed by atoms with Gasteiger partial charge >= 0.3 is 0 Å². The summed E-state index contributed by atoms with van der Waals surface area (Å²) in [6.45, 7) is 1.10. The molecule has 1 saturated heterocycles. The number of hydrogen-bond donors (Lipinski definition) is 1. The largest absolute Gasteiger partial charge is 0.300 e. The fraction of sp³-hybridized carbons (Fsp3) is 0.500. The molecule has 2 nitrogen and oxygen atoms in total. The van der Waals surface area contributed by atoms with E-state index in [4.69, 9.17) is 0 Å². The van der Waals surface area contributed by atoms with E-state index < -0.39 is 0 Å². The van der Waals surface area contributed by atoms with Crippen LogP contribution < -0.4 is 5.32 Å². The van der Waals surface area contributed by atoms with Crippen LogP contribution in [0, 0.1) is 5.51 Å². The van der Waals surface area contributed by atoms with Gasteiger partial charge in [-0.25, -0.2) is 4.98 Å². The summed E-state index contributed by atoms with van der Waals surface area (Å²) in [6, 6.07) is 0. The van der Waals surface area contributed by atoms with Gasteiger partial charge in [-0.3, -0.25) is 5.32 Å². The zero-order valence-electron chi connectivity index (χ0n) is 5.33. The van der Waals surface area contributed by atoms with Gasteiger partial charge in [-0.1, -0.05) is 0 Å². The zero-order valence-corrected chi connectivity index (χ0v) is 6.97. The lowest BCUT2D eigenvalue weighted by atomic mass is 10.5. The van der Waals surface area contributed by atoms with Crippen molar-refractivity contribution in [3.63, 3.8) is 0 Å². The summed E-state index contributed by atoms with van der Waals surface area (Å²) in [5.74, 6) is 1.20. The SMILES string of the molecule is [c]1nc(C2NCCS2)cs1. The molecule has 0 aliphatic carbocycles. The van der Waals surface area contributed by atoms with Crippen molar-refractivity contribution in [1.29, 1.82) is 0 Å². The molecule has 2 rings (SSSR count). The van der Waals surface area contributed by atoms with Crippen LogP contribution in [-0.4, -0.2) is 17.3 Å². The first kappa shape index (κ1) is 6.64. The molecule has 1 aromatic heterocycles. The van der Waals surface area contributed by atoms with Gasteiger partial charge < -0.3 is 0 Å². The summed E-state index contributed by atoms with van der Waals surface area (Å²) in [5.41, 5.74) is 3.98. The van der Waals surface area contributed by atoms with Crippen LogP contribution in [0.25, 0.3) is 0 Å². The number of nitrogens with one attached hydrogen (secondary N) is 1. The van der Waals surface area contributed by atoms with E-state index in [2.05, 4.69) is 21.2 Å². The molecule has 0 aromatic carbocycles. The molecule has 1 aliphatic heterocycles. The van der Waals surface area contributed by atoms with Gasteiger partial charge in [0, 0.05) is 17.7 Å². The molecular weight excluding hydrogens is 164 g/mol. The zero-order chi connectivity index (χ0) is 6.81. The Balaban J connectivity index is 2.12. The van der Waals surface area contributed by atoms with E-state index in [-0.39, 0.29) is 0 Å². The number of nitrogens with zero attached hydrogens (tertiary/aromatic N) is 1. The average Bonchev–Trinajstić information content (AvgIpc) is 2.59. The molecular formula is C6H7N2S2. The first-order chi connectivity index (χ1) is 4.97.